The van der Waals surface area contributed by atoms with Gasteiger partial charge in [0.15, 0.2) is 5.82 Å². The van der Waals surface area contributed by atoms with Gasteiger partial charge in [-0.3, -0.25) is 0 Å². The molecule has 0 aliphatic rings. The molecule has 10 aromatic carbocycles. The van der Waals surface area contributed by atoms with Crippen LogP contribution in [-0.2, 0) is 0 Å². The van der Waals surface area contributed by atoms with Crippen LogP contribution in [0.1, 0.15) is 0 Å². The molecule has 0 unspecified atom stereocenters. The highest BCUT2D eigenvalue weighted by Crippen LogP contribution is 2.50. The van der Waals surface area contributed by atoms with Gasteiger partial charge in [-0.25, -0.2) is 9.97 Å². The SMILES string of the molecule is c1ccc(-c2cc(-c3cc(-c4ccccc4)c(-n4c5ccccc5c5c6sc7c(ccc8c7c7ccccc7n8-c7ccccc7)c6ccc54)c(-c4ccccc4)c3)nc(-c3ccccc3)n2)cc1. The molecule has 0 radical (unpaired) electrons. The van der Waals surface area contributed by atoms with Crippen LogP contribution in [-0.4, -0.2) is 19.1 Å². The van der Waals surface area contributed by atoms with E-state index in [-0.39, 0.29) is 0 Å². The van der Waals surface area contributed by atoms with Gasteiger partial charge in [0.25, 0.3) is 0 Å². The normalized spacial score (nSPS) is 11.8. The molecule has 69 heavy (non-hydrogen) atoms. The first-order valence-electron chi connectivity index (χ1n) is 23.4. The molecule has 0 aliphatic heterocycles. The molecule has 322 valence electrons. The molecule has 4 nitrogen and oxygen atoms in total. The number of nitrogens with zero attached hydrogens (tertiary/aromatic N) is 4. The second kappa shape index (κ2) is 15.9. The van der Waals surface area contributed by atoms with E-state index < -0.39 is 0 Å². The lowest BCUT2D eigenvalue weighted by molar-refractivity contribution is 1.17. The second-order valence-electron chi connectivity index (χ2n) is 17.7. The molecule has 5 heteroatoms. The summed E-state index contributed by atoms with van der Waals surface area (Å²) in [4.78, 5) is 10.5. The molecule has 4 aromatic heterocycles. The first-order valence-corrected chi connectivity index (χ1v) is 24.2. The number of thiophene rings is 1. The Morgan fingerprint density at radius 1 is 0.304 bits per heavy atom. The molecule has 0 atom stereocenters. The Morgan fingerprint density at radius 2 is 0.725 bits per heavy atom. The molecule has 4 heterocycles. The summed E-state index contributed by atoms with van der Waals surface area (Å²) in [7, 11) is 0. The lowest BCUT2D eigenvalue weighted by Gasteiger charge is -2.21. The summed E-state index contributed by atoms with van der Waals surface area (Å²) >= 11 is 1.93. The van der Waals surface area contributed by atoms with Crippen molar-refractivity contribution >= 4 is 75.1 Å². The van der Waals surface area contributed by atoms with Crippen molar-refractivity contribution in [3.8, 4) is 67.5 Å². The van der Waals surface area contributed by atoms with E-state index in [9.17, 15) is 0 Å². The maximum absolute atomic E-state index is 5.36. The quantitative estimate of drug-likeness (QED) is 0.160. The van der Waals surface area contributed by atoms with Crippen LogP contribution in [0.4, 0.5) is 0 Å². The van der Waals surface area contributed by atoms with Crippen LogP contribution in [0.2, 0.25) is 0 Å². The zero-order valence-electron chi connectivity index (χ0n) is 37.3. The van der Waals surface area contributed by atoms with Gasteiger partial charge < -0.3 is 9.13 Å². The number of aromatic nitrogens is 4. The Kier molecular flexibility index (Phi) is 9.04. The molecule has 0 spiro atoms. The summed E-state index contributed by atoms with van der Waals surface area (Å²) in [6.45, 7) is 0. The van der Waals surface area contributed by atoms with Gasteiger partial charge >= 0.3 is 0 Å². The average molecular weight is 897 g/mol. The van der Waals surface area contributed by atoms with Crippen LogP contribution in [0.3, 0.4) is 0 Å². The smallest absolute Gasteiger partial charge is 0.160 e. The van der Waals surface area contributed by atoms with Crippen molar-refractivity contribution < 1.29 is 0 Å². The van der Waals surface area contributed by atoms with Gasteiger partial charge in [0.05, 0.1) is 39.1 Å². The molecule has 14 rings (SSSR count). The number of benzene rings is 10. The van der Waals surface area contributed by atoms with E-state index in [0.717, 1.165) is 67.2 Å². The van der Waals surface area contributed by atoms with Crippen LogP contribution in [0.25, 0.3) is 131 Å². The first kappa shape index (κ1) is 39.3. The van der Waals surface area contributed by atoms with E-state index in [0.29, 0.717) is 5.82 Å². The summed E-state index contributed by atoms with van der Waals surface area (Å²) in [6, 6.07) is 87.2. The number of fused-ring (bicyclic) bond motifs is 11. The molecule has 0 aliphatic carbocycles. The van der Waals surface area contributed by atoms with Gasteiger partial charge in [-0.1, -0.05) is 188 Å². The van der Waals surface area contributed by atoms with E-state index in [1.54, 1.807) is 0 Å². The number of para-hydroxylation sites is 3. The molecule has 14 aromatic rings. The van der Waals surface area contributed by atoms with Crippen LogP contribution in [0.15, 0.2) is 243 Å². The summed E-state index contributed by atoms with van der Waals surface area (Å²) in [5, 5.41) is 7.62. The molecular weight excluding hydrogens is 857 g/mol. The Labute approximate surface area is 402 Å². The standard InChI is InChI=1S/C64H40N4S/c1-6-20-41(21-7-1)51-38-45(54-40-53(43-24-10-3-11-25-43)65-64(66-54)44-26-12-4-13-27-44)39-52(42-22-8-2-9-23-42)61(51)68-56-33-19-17-31-50(56)60-58(68)37-35-48-47-34-36-57-59(62(47)69-63(48)60)49-30-16-18-32-55(49)67(57)46-28-14-5-15-29-46/h1-40H. The highest BCUT2D eigenvalue weighted by molar-refractivity contribution is 7.27. The number of hydrogen-bond acceptors (Lipinski definition) is 3. The van der Waals surface area contributed by atoms with Crippen molar-refractivity contribution in [2.75, 3.05) is 0 Å². The third-order valence-corrected chi connectivity index (χ3v) is 15.0. The van der Waals surface area contributed by atoms with E-state index in [4.69, 9.17) is 9.97 Å². The lowest BCUT2D eigenvalue weighted by Crippen LogP contribution is -2.02. The molecule has 0 N–H and O–H groups in total. The minimum Gasteiger partial charge on any atom is -0.309 e. The van der Waals surface area contributed by atoms with Gasteiger partial charge in [0, 0.05) is 75.2 Å². The van der Waals surface area contributed by atoms with Gasteiger partial charge in [-0.05, 0) is 65.7 Å². The number of rotatable bonds is 7. The van der Waals surface area contributed by atoms with E-state index in [1.165, 1.54) is 58.3 Å². The summed E-state index contributed by atoms with van der Waals surface area (Å²) in [5.41, 5.74) is 16.3. The number of hydrogen-bond donors (Lipinski definition) is 0. The van der Waals surface area contributed by atoms with Crippen LogP contribution in [0, 0.1) is 0 Å². The molecule has 0 saturated heterocycles. The minimum absolute atomic E-state index is 0.690. The largest absolute Gasteiger partial charge is 0.309 e. The highest BCUT2D eigenvalue weighted by atomic mass is 32.1. The predicted octanol–water partition coefficient (Wildman–Crippen LogP) is 17.4. The molecular formula is C64H40N4S. The van der Waals surface area contributed by atoms with E-state index in [2.05, 4.69) is 228 Å². The third kappa shape index (κ3) is 6.28. The Morgan fingerprint density at radius 3 is 1.26 bits per heavy atom. The lowest BCUT2D eigenvalue weighted by atomic mass is 9.91. The van der Waals surface area contributed by atoms with Crippen molar-refractivity contribution in [3.63, 3.8) is 0 Å². The Hall–Kier alpha value is -8.90. The maximum Gasteiger partial charge on any atom is 0.160 e. The Balaban J connectivity index is 1.08. The summed E-state index contributed by atoms with van der Waals surface area (Å²) in [5.74, 6) is 0.690. The van der Waals surface area contributed by atoms with Crippen molar-refractivity contribution in [1.82, 2.24) is 19.1 Å². The maximum atomic E-state index is 5.36. The molecule has 0 fully saturated rings. The summed E-state index contributed by atoms with van der Waals surface area (Å²) < 4.78 is 7.56. The zero-order chi connectivity index (χ0) is 45.4. The van der Waals surface area contributed by atoms with Crippen molar-refractivity contribution in [3.05, 3.63) is 243 Å². The van der Waals surface area contributed by atoms with Crippen LogP contribution in [0.5, 0.6) is 0 Å². The van der Waals surface area contributed by atoms with Gasteiger partial charge in [0.1, 0.15) is 0 Å². The third-order valence-electron chi connectivity index (χ3n) is 13.7. The van der Waals surface area contributed by atoms with Gasteiger partial charge in [-0.2, -0.15) is 0 Å². The van der Waals surface area contributed by atoms with Crippen molar-refractivity contribution in [2.24, 2.45) is 0 Å². The minimum atomic E-state index is 0.690. The zero-order valence-corrected chi connectivity index (χ0v) is 38.1. The fourth-order valence-electron chi connectivity index (χ4n) is 10.7. The molecule has 0 bridgehead atoms. The molecule has 0 amide bonds. The fourth-order valence-corrected chi connectivity index (χ4v) is 12.1. The topological polar surface area (TPSA) is 35.6 Å². The molecule has 0 saturated carbocycles. The average Bonchev–Trinajstić information content (AvgIpc) is 4.09. The second-order valence-corrected chi connectivity index (χ2v) is 18.7. The van der Waals surface area contributed by atoms with E-state index in [1.807, 2.05) is 35.6 Å². The van der Waals surface area contributed by atoms with Crippen molar-refractivity contribution in [2.45, 2.75) is 0 Å². The Bertz CT molecular complexity index is 4150. The van der Waals surface area contributed by atoms with Crippen molar-refractivity contribution in [1.29, 1.82) is 0 Å². The van der Waals surface area contributed by atoms with Crippen LogP contribution < -0.4 is 0 Å². The van der Waals surface area contributed by atoms with Crippen LogP contribution >= 0.6 is 11.3 Å². The predicted molar refractivity (Wildman–Crippen MR) is 291 cm³/mol. The first-order chi connectivity index (χ1) is 34.2. The van der Waals surface area contributed by atoms with Gasteiger partial charge in [-0.15, -0.1) is 11.3 Å². The van der Waals surface area contributed by atoms with Gasteiger partial charge in [0.2, 0.25) is 0 Å². The summed E-state index contributed by atoms with van der Waals surface area (Å²) in [6.07, 6.45) is 0. The monoisotopic (exact) mass is 896 g/mol. The highest BCUT2D eigenvalue weighted by Gasteiger charge is 2.25. The van der Waals surface area contributed by atoms with E-state index >= 15 is 0 Å². The fraction of sp³-hybridized carbons (Fsp3) is 0.